The van der Waals surface area contributed by atoms with Crippen LogP contribution in [0.5, 0.6) is 0 Å². The van der Waals surface area contributed by atoms with Gasteiger partial charge in [-0.25, -0.2) is 0 Å². The number of non-ortho nitro benzene ring substituents is 2. The minimum Gasteiger partial charge on any atom is -0.380 e. The van der Waals surface area contributed by atoms with Crippen LogP contribution in [0.15, 0.2) is 42.5 Å². The van der Waals surface area contributed by atoms with Crippen LogP contribution in [0.4, 0.5) is 17.1 Å². The van der Waals surface area contributed by atoms with Crippen LogP contribution < -0.4 is 5.32 Å². The van der Waals surface area contributed by atoms with E-state index in [1.54, 1.807) is 12.1 Å². The lowest BCUT2D eigenvalue weighted by Gasteiger charge is -2.08. The molecule has 21 heavy (non-hydrogen) atoms. The van der Waals surface area contributed by atoms with Gasteiger partial charge in [-0.05, 0) is 11.6 Å². The summed E-state index contributed by atoms with van der Waals surface area (Å²) in [5.74, 6) is 0. The van der Waals surface area contributed by atoms with Crippen molar-refractivity contribution in [2.24, 2.45) is 0 Å². The van der Waals surface area contributed by atoms with E-state index < -0.39 is 9.85 Å². The van der Waals surface area contributed by atoms with E-state index in [0.29, 0.717) is 12.2 Å². The average molecular weight is 308 g/mol. The van der Waals surface area contributed by atoms with Gasteiger partial charge in [-0.2, -0.15) is 0 Å². The van der Waals surface area contributed by atoms with E-state index in [4.69, 9.17) is 11.6 Å². The third-order valence-corrected chi connectivity index (χ3v) is 3.11. The van der Waals surface area contributed by atoms with Crippen LogP contribution in [0.3, 0.4) is 0 Å². The molecule has 0 aliphatic carbocycles. The zero-order valence-electron chi connectivity index (χ0n) is 10.7. The first-order valence-electron chi connectivity index (χ1n) is 5.88. The van der Waals surface area contributed by atoms with Crippen LogP contribution in [0.1, 0.15) is 5.56 Å². The van der Waals surface area contributed by atoms with Crippen molar-refractivity contribution in [3.63, 3.8) is 0 Å². The summed E-state index contributed by atoms with van der Waals surface area (Å²) in [5.41, 5.74) is 1.32. The molecule has 0 spiro atoms. The summed E-state index contributed by atoms with van der Waals surface area (Å²) in [5, 5.41) is 24.4. The van der Waals surface area contributed by atoms with Gasteiger partial charge in [-0.1, -0.05) is 23.7 Å². The van der Waals surface area contributed by atoms with E-state index in [2.05, 4.69) is 5.32 Å². The Morgan fingerprint density at radius 2 is 1.52 bits per heavy atom. The standard InChI is InChI=1S/C13H10ClN3O4/c14-12-7-11(17(20)21)5-6-13(12)15-8-9-1-3-10(4-2-9)16(18)19/h1-7,15H,8H2. The maximum Gasteiger partial charge on any atom is 0.271 e. The Morgan fingerprint density at radius 3 is 2.05 bits per heavy atom. The topological polar surface area (TPSA) is 98.3 Å². The first-order valence-corrected chi connectivity index (χ1v) is 6.26. The van der Waals surface area contributed by atoms with Crippen LogP contribution in [0.2, 0.25) is 5.02 Å². The third kappa shape index (κ3) is 3.67. The molecule has 0 unspecified atom stereocenters. The summed E-state index contributed by atoms with van der Waals surface area (Å²) in [6.45, 7) is 0.398. The van der Waals surface area contributed by atoms with Crippen LogP contribution in [0.25, 0.3) is 0 Å². The van der Waals surface area contributed by atoms with Crippen molar-refractivity contribution >= 4 is 28.7 Å². The Labute approximate surface area is 124 Å². The number of hydrogen-bond acceptors (Lipinski definition) is 5. The molecule has 0 aliphatic rings. The van der Waals surface area contributed by atoms with Crippen LogP contribution in [-0.2, 0) is 6.54 Å². The molecule has 0 aliphatic heterocycles. The second kappa shape index (κ2) is 6.19. The van der Waals surface area contributed by atoms with E-state index in [9.17, 15) is 20.2 Å². The number of hydrogen-bond donors (Lipinski definition) is 1. The van der Waals surface area contributed by atoms with E-state index in [1.165, 1.54) is 30.3 Å². The molecule has 0 aromatic heterocycles. The molecule has 7 nitrogen and oxygen atoms in total. The number of nitrogens with zero attached hydrogens (tertiary/aromatic N) is 2. The summed E-state index contributed by atoms with van der Waals surface area (Å²) >= 11 is 5.95. The Balaban J connectivity index is 2.06. The predicted octanol–water partition coefficient (Wildman–Crippen LogP) is 3.77. The smallest absolute Gasteiger partial charge is 0.271 e. The maximum absolute atomic E-state index is 10.6. The fraction of sp³-hybridized carbons (Fsp3) is 0.0769. The zero-order valence-corrected chi connectivity index (χ0v) is 11.4. The van der Waals surface area contributed by atoms with Gasteiger partial charge in [0.05, 0.1) is 20.6 Å². The van der Waals surface area contributed by atoms with Crippen molar-refractivity contribution in [3.8, 4) is 0 Å². The molecule has 2 rings (SSSR count). The Morgan fingerprint density at radius 1 is 0.952 bits per heavy atom. The summed E-state index contributed by atoms with van der Waals surface area (Å²) in [6, 6.07) is 10.2. The van der Waals surface area contributed by atoms with E-state index in [-0.39, 0.29) is 16.4 Å². The zero-order chi connectivity index (χ0) is 15.4. The van der Waals surface area contributed by atoms with Crippen LogP contribution >= 0.6 is 11.6 Å². The molecule has 0 fully saturated rings. The van der Waals surface area contributed by atoms with E-state index in [1.807, 2.05) is 0 Å². The number of nitrogens with one attached hydrogen (secondary N) is 1. The molecular weight excluding hydrogens is 298 g/mol. The highest BCUT2D eigenvalue weighted by molar-refractivity contribution is 6.33. The number of benzene rings is 2. The largest absolute Gasteiger partial charge is 0.380 e. The molecule has 0 heterocycles. The molecule has 0 radical (unpaired) electrons. The molecule has 0 amide bonds. The second-order valence-electron chi connectivity index (χ2n) is 4.20. The van der Waals surface area contributed by atoms with Gasteiger partial charge in [0.15, 0.2) is 0 Å². The van der Waals surface area contributed by atoms with E-state index in [0.717, 1.165) is 5.56 Å². The van der Waals surface area contributed by atoms with Gasteiger partial charge in [0.25, 0.3) is 11.4 Å². The Bertz CT molecular complexity index is 688. The number of anilines is 1. The second-order valence-corrected chi connectivity index (χ2v) is 4.61. The summed E-state index contributed by atoms with van der Waals surface area (Å²) in [4.78, 5) is 20.2. The number of nitro groups is 2. The van der Waals surface area contributed by atoms with Gasteiger partial charge >= 0.3 is 0 Å². The lowest BCUT2D eigenvalue weighted by molar-refractivity contribution is -0.385. The summed E-state index contributed by atoms with van der Waals surface area (Å²) in [6.07, 6.45) is 0. The fourth-order valence-electron chi connectivity index (χ4n) is 1.69. The lowest BCUT2D eigenvalue weighted by Crippen LogP contribution is -2.00. The number of rotatable bonds is 5. The Kier molecular flexibility index (Phi) is 4.34. The number of halogens is 1. The van der Waals surface area contributed by atoms with Gasteiger partial charge in [0, 0.05) is 30.8 Å². The summed E-state index contributed by atoms with van der Waals surface area (Å²) < 4.78 is 0. The molecule has 2 aromatic carbocycles. The molecule has 108 valence electrons. The highest BCUT2D eigenvalue weighted by Gasteiger charge is 2.09. The highest BCUT2D eigenvalue weighted by Crippen LogP contribution is 2.27. The first kappa shape index (κ1) is 14.7. The number of nitro benzene ring substituents is 2. The van der Waals surface area contributed by atoms with Crippen LogP contribution in [0, 0.1) is 20.2 Å². The van der Waals surface area contributed by atoms with E-state index >= 15 is 0 Å². The molecule has 0 saturated carbocycles. The minimum absolute atomic E-state index is 0.0205. The molecule has 0 saturated heterocycles. The van der Waals surface area contributed by atoms with Crippen molar-refractivity contribution in [2.75, 3.05) is 5.32 Å². The molecule has 8 heteroatoms. The van der Waals surface area contributed by atoms with Crippen molar-refractivity contribution in [3.05, 3.63) is 73.3 Å². The lowest BCUT2D eigenvalue weighted by atomic mass is 10.2. The molecule has 0 atom stereocenters. The molecular formula is C13H10ClN3O4. The summed E-state index contributed by atoms with van der Waals surface area (Å²) in [7, 11) is 0. The van der Waals surface area contributed by atoms with Gasteiger partial charge in [0.1, 0.15) is 0 Å². The molecule has 2 aromatic rings. The van der Waals surface area contributed by atoms with Gasteiger partial charge in [-0.15, -0.1) is 0 Å². The van der Waals surface area contributed by atoms with Crippen molar-refractivity contribution in [1.29, 1.82) is 0 Å². The van der Waals surface area contributed by atoms with Gasteiger partial charge in [0.2, 0.25) is 0 Å². The highest BCUT2D eigenvalue weighted by atomic mass is 35.5. The average Bonchev–Trinajstić information content (AvgIpc) is 2.46. The SMILES string of the molecule is O=[N+]([O-])c1ccc(CNc2ccc([N+](=O)[O-])cc2Cl)cc1. The first-order chi connectivity index (χ1) is 9.97. The fourth-order valence-corrected chi connectivity index (χ4v) is 1.94. The van der Waals surface area contributed by atoms with Crippen molar-refractivity contribution < 1.29 is 9.85 Å². The van der Waals surface area contributed by atoms with Gasteiger partial charge < -0.3 is 5.32 Å². The quantitative estimate of drug-likeness (QED) is 0.669. The molecule has 1 N–H and O–H groups in total. The van der Waals surface area contributed by atoms with Crippen molar-refractivity contribution in [2.45, 2.75) is 6.54 Å². The van der Waals surface area contributed by atoms with Crippen LogP contribution in [-0.4, -0.2) is 9.85 Å². The normalized spacial score (nSPS) is 10.1. The predicted molar refractivity (Wildman–Crippen MR) is 78.5 cm³/mol. The Hall–Kier alpha value is -2.67. The monoisotopic (exact) mass is 307 g/mol. The van der Waals surface area contributed by atoms with Gasteiger partial charge in [-0.3, -0.25) is 20.2 Å². The minimum atomic E-state index is -0.522. The molecule has 0 bridgehead atoms. The third-order valence-electron chi connectivity index (χ3n) is 2.79. The maximum atomic E-state index is 10.6. The van der Waals surface area contributed by atoms with Crippen molar-refractivity contribution in [1.82, 2.24) is 0 Å².